The van der Waals surface area contributed by atoms with Crippen LogP contribution in [0.15, 0.2) is 28.6 Å². The monoisotopic (exact) mass is 343 g/mol. The van der Waals surface area contributed by atoms with Crippen LogP contribution in [0.2, 0.25) is 0 Å². The highest BCUT2D eigenvalue weighted by molar-refractivity contribution is 7.13. The fourth-order valence-electron chi connectivity index (χ4n) is 2.89. The van der Waals surface area contributed by atoms with E-state index >= 15 is 0 Å². The van der Waals surface area contributed by atoms with Gasteiger partial charge in [0, 0.05) is 30.8 Å². The van der Waals surface area contributed by atoms with Gasteiger partial charge in [0.2, 0.25) is 17.8 Å². The third-order valence-electron chi connectivity index (χ3n) is 4.11. The van der Waals surface area contributed by atoms with Crippen LogP contribution in [0.3, 0.4) is 0 Å². The standard InChI is InChI=1S/C17H17N3O3S/c1-11(21)20-7-3-2-4-16(20)19-17-18-13(9-24-17)12-5-6-14-15(8-12)23-10-22-14/h5-6,8-9H,2-4,7,10H2,1H3/b19-16-. The highest BCUT2D eigenvalue weighted by atomic mass is 32.1. The average Bonchev–Trinajstić information content (AvgIpc) is 3.23. The van der Waals surface area contributed by atoms with Gasteiger partial charge in [-0.3, -0.25) is 4.79 Å². The zero-order valence-corrected chi connectivity index (χ0v) is 14.1. The molecule has 0 atom stereocenters. The second-order valence-electron chi connectivity index (χ2n) is 5.74. The Balaban J connectivity index is 1.60. The summed E-state index contributed by atoms with van der Waals surface area (Å²) >= 11 is 1.48. The molecule has 1 saturated heterocycles. The van der Waals surface area contributed by atoms with Crippen molar-refractivity contribution in [1.29, 1.82) is 0 Å². The number of thiazole rings is 1. The van der Waals surface area contributed by atoms with E-state index in [1.165, 1.54) is 11.3 Å². The van der Waals surface area contributed by atoms with E-state index < -0.39 is 0 Å². The summed E-state index contributed by atoms with van der Waals surface area (Å²) in [6.45, 7) is 2.59. The summed E-state index contributed by atoms with van der Waals surface area (Å²) < 4.78 is 10.7. The third kappa shape index (κ3) is 2.87. The molecule has 0 unspecified atom stereocenters. The van der Waals surface area contributed by atoms with E-state index in [1.807, 2.05) is 23.6 Å². The Morgan fingerprint density at radius 2 is 2.17 bits per heavy atom. The van der Waals surface area contributed by atoms with Crippen molar-refractivity contribution in [3.05, 3.63) is 23.6 Å². The first-order valence-corrected chi connectivity index (χ1v) is 8.80. The maximum absolute atomic E-state index is 11.7. The largest absolute Gasteiger partial charge is 0.454 e. The number of carbonyl (C=O) groups is 1. The van der Waals surface area contributed by atoms with Gasteiger partial charge in [-0.25, -0.2) is 9.98 Å². The summed E-state index contributed by atoms with van der Waals surface area (Å²) in [7, 11) is 0. The predicted octanol–water partition coefficient (Wildman–Crippen LogP) is 3.60. The quantitative estimate of drug-likeness (QED) is 0.836. The molecule has 7 heteroatoms. The van der Waals surface area contributed by atoms with E-state index in [2.05, 4.69) is 9.98 Å². The van der Waals surface area contributed by atoms with Crippen LogP contribution in [-0.4, -0.2) is 35.0 Å². The lowest BCUT2D eigenvalue weighted by Gasteiger charge is -2.26. The lowest BCUT2D eigenvalue weighted by Crippen LogP contribution is -2.38. The van der Waals surface area contributed by atoms with Gasteiger partial charge < -0.3 is 14.4 Å². The number of aliphatic imine (C=N–C) groups is 1. The molecular weight excluding hydrogens is 326 g/mol. The number of amidine groups is 1. The van der Waals surface area contributed by atoms with Gasteiger partial charge in [-0.1, -0.05) is 0 Å². The molecule has 3 heterocycles. The molecule has 124 valence electrons. The summed E-state index contributed by atoms with van der Waals surface area (Å²) in [6.07, 6.45) is 2.90. The van der Waals surface area contributed by atoms with Crippen molar-refractivity contribution in [1.82, 2.24) is 9.88 Å². The van der Waals surface area contributed by atoms with Crippen LogP contribution in [0.4, 0.5) is 5.13 Å². The Hall–Kier alpha value is -2.41. The van der Waals surface area contributed by atoms with Crippen molar-refractivity contribution in [2.45, 2.75) is 26.2 Å². The molecule has 24 heavy (non-hydrogen) atoms. The van der Waals surface area contributed by atoms with Gasteiger partial charge in [-0.05, 0) is 31.0 Å². The van der Waals surface area contributed by atoms with E-state index in [-0.39, 0.29) is 12.7 Å². The second kappa shape index (κ2) is 6.24. The number of amides is 1. The topological polar surface area (TPSA) is 64.0 Å². The normalized spacial score (nSPS) is 18.2. The highest BCUT2D eigenvalue weighted by Crippen LogP contribution is 2.37. The van der Waals surface area contributed by atoms with Crippen LogP contribution in [0.1, 0.15) is 26.2 Å². The number of hydrogen-bond acceptors (Lipinski definition) is 6. The van der Waals surface area contributed by atoms with Gasteiger partial charge >= 0.3 is 0 Å². The van der Waals surface area contributed by atoms with Gasteiger partial charge in [0.15, 0.2) is 11.5 Å². The molecule has 1 amide bonds. The number of carbonyl (C=O) groups excluding carboxylic acids is 1. The minimum atomic E-state index is 0.0426. The number of hydrogen-bond donors (Lipinski definition) is 0. The Morgan fingerprint density at radius 3 is 3.04 bits per heavy atom. The Kier molecular flexibility index (Phi) is 3.93. The summed E-state index contributed by atoms with van der Waals surface area (Å²) in [5.74, 6) is 2.36. The molecule has 0 bridgehead atoms. The van der Waals surface area contributed by atoms with Crippen molar-refractivity contribution >= 4 is 28.2 Å². The molecule has 1 aromatic heterocycles. The minimum absolute atomic E-state index is 0.0426. The minimum Gasteiger partial charge on any atom is -0.454 e. The van der Waals surface area contributed by atoms with Crippen LogP contribution in [-0.2, 0) is 4.79 Å². The first-order valence-electron chi connectivity index (χ1n) is 7.92. The summed E-state index contributed by atoms with van der Waals surface area (Å²) in [6, 6.07) is 5.78. The van der Waals surface area contributed by atoms with Gasteiger partial charge in [-0.15, -0.1) is 11.3 Å². The SMILES string of the molecule is CC(=O)N1CCCC/C1=N/c1nc(-c2ccc3c(c2)OCO3)cs1. The number of benzene rings is 1. The van der Waals surface area contributed by atoms with Crippen molar-refractivity contribution in [3.8, 4) is 22.8 Å². The van der Waals surface area contributed by atoms with Crippen LogP contribution in [0, 0.1) is 0 Å². The molecule has 0 radical (unpaired) electrons. The second-order valence-corrected chi connectivity index (χ2v) is 6.58. The molecule has 2 aliphatic heterocycles. The molecule has 4 rings (SSSR count). The highest BCUT2D eigenvalue weighted by Gasteiger charge is 2.20. The van der Waals surface area contributed by atoms with Crippen LogP contribution in [0.5, 0.6) is 11.5 Å². The third-order valence-corrected chi connectivity index (χ3v) is 4.84. The lowest BCUT2D eigenvalue weighted by molar-refractivity contribution is -0.125. The smallest absolute Gasteiger partial charge is 0.231 e. The molecule has 2 aromatic rings. The zero-order chi connectivity index (χ0) is 16.5. The van der Waals surface area contributed by atoms with Crippen LogP contribution in [0.25, 0.3) is 11.3 Å². The van der Waals surface area contributed by atoms with Crippen molar-refractivity contribution in [2.75, 3.05) is 13.3 Å². The molecular formula is C17H17N3O3S. The summed E-state index contributed by atoms with van der Waals surface area (Å²) in [5, 5.41) is 2.64. The van der Waals surface area contributed by atoms with Crippen molar-refractivity contribution < 1.29 is 14.3 Å². The number of ether oxygens (including phenoxy) is 2. The fourth-order valence-corrected chi connectivity index (χ4v) is 3.60. The molecule has 0 aliphatic carbocycles. The van der Waals surface area contributed by atoms with Gasteiger partial charge in [0.25, 0.3) is 0 Å². The molecule has 0 spiro atoms. The number of fused-ring (bicyclic) bond motifs is 1. The van der Waals surface area contributed by atoms with E-state index in [0.29, 0.717) is 5.13 Å². The Morgan fingerprint density at radius 1 is 1.29 bits per heavy atom. The molecule has 2 aliphatic rings. The number of likely N-dealkylation sites (tertiary alicyclic amines) is 1. The fraction of sp³-hybridized carbons (Fsp3) is 0.353. The molecule has 0 N–H and O–H groups in total. The number of aromatic nitrogens is 1. The Labute approximate surface area is 143 Å². The average molecular weight is 343 g/mol. The lowest BCUT2D eigenvalue weighted by atomic mass is 10.1. The Bertz CT molecular complexity index is 815. The van der Waals surface area contributed by atoms with E-state index in [0.717, 1.165) is 54.4 Å². The molecule has 6 nitrogen and oxygen atoms in total. The molecule has 0 saturated carbocycles. The number of nitrogens with zero attached hydrogens (tertiary/aromatic N) is 3. The molecule has 1 aromatic carbocycles. The van der Waals surface area contributed by atoms with Gasteiger partial charge in [0.1, 0.15) is 5.84 Å². The van der Waals surface area contributed by atoms with Gasteiger partial charge in [-0.2, -0.15) is 0 Å². The van der Waals surface area contributed by atoms with Crippen molar-refractivity contribution in [3.63, 3.8) is 0 Å². The maximum atomic E-state index is 11.7. The number of piperidine rings is 1. The van der Waals surface area contributed by atoms with Crippen molar-refractivity contribution in [2.24, 2.45) is 4.99 Å². The van der Waals surface area contributed by atoms with E-state index in [9.17, 15) is 4.79 Å². The van der Waals surface area contributed by atoms with E-state index in [4.69, 9.17) is 9.47 Å². The first kappa shape index (κ1) is 15.1. The van der Waals surface area contributed by atoms with Gasteiger partial charge in [0.05, 0.1) is 5.69 Å². The zero-order valence-electron chi connectivity index (χ0n) is 13.3. The first-order chi connectivity index (χ1) is 11.7. The maximum Gasteiger partial charge on any atom is 0.231 e. The predicted molar refractivity (Wildman–Crippen MR) is 92.0 cm³/mol. The van der Waals surface area contributed by atoms with Crippen LogP contribution >= 0.6 is 11.3 Å². The van der Waals surface area contributed by atoms with Crippen LogP contribution < -0.4 is 9.47 Å². The summed E-state index contributed by atoms with van der Waals surface area (Å²) in [4.78, 5) is 22.7. The number of rotatable bonds is 2. The summed E-state index contributed by atoms with van der Waals surface area (Å²) in [5.41, 5.74) is 1.82. The molecule has 1 fully saturated rings. The van der Waals surface area contributed by atoms with E-state index in [1.54, 1.807) is 11.8 Å².